The van der Waals surface area contributed by atoms with E-state index in [0.29, 0.717) is 42.2 Å². The molecule has 0 aromatic heterocycles. The maximum atomic E-state index is 13.2. The number of hydrogen-bond donors (Lipinski definition) is 1. The van der Waals surface area contributed by atoms with Crippen molar-refractivity contribution in [3.8, 4) is 11.5 Å². The standard InChI is InChI=1S/C28H35NO5/c1-7-14-29-24(18-10-9-11-20(16-18)34-15-8-2)23(26(31)27(29)32)25(30)21-17-19(28(3,4)5)12-13-22(21)33-6/h9-13,16-17,24,30H,7-8,14-15H2,1-6H3/b25-23+. The van der Waals surface area contributed by atoms with Gasteiger partial charge >= 0.3 is 0 Å². The minimum atomic E-state index is -0.715. The van der Waals surface area contributed by atoms with E-state index in [2.05, 4.69) is 20.8 Å². The molecule has 0 bridgehead atoms. The van der Waals surface area contributed by atoms with E-state index in [9.17, 15) is 14.7 Å². The first kappa shape index (κ1) is 25.3. The summed E-state index contributed by atoms with van der Waals surface area (Å²) in [6, 6.07) is 12.2. The van der Waals surface area contributed by atoms with Crippen LogP contribution in [-0.4, -0.2) is 42.0 Å². The summed E-state index contributed by atoms with van der Waals surface area (Å²) in [6.45, 7) is 11.1. The van der Waals surface area contributed by atoms with Crippen molar-refractivity contribution in [1.29, 1.82) is 0 Å². The molecule has 3 rings (SSSR count). The average Bonchev–Trinajstić information content (AvgIpc) is 3.06. The number of ether oxygens (including phenoxy) is 2. The molecule has 1 saturated heterocycles. The Labute approximate surface area is 202 Å². The quantitative estimate of drug-likeness (QED) is 0.311. The van der Waals surface area contributed by atoms with Gasteiger partial charge in [-0.25, -0.2) is 0 Å². The van der Waals surface area contributed by atoms with E-state index >= 15 is 0 Å². The van der Waals surface area contributed by atoms with Crippen molar-refractivity contribution in [2.75, 3.05) is 20.3 Å². The highest BCUT2D eigenvalue weighted by Crippen LogP contribution is 2.42. The van der Waals surface area contributed by atoms with Crippen LogP contribution in [0.1, 0.15) is 70.2 Å². The van der Waals surface area contributed by atoms with E-state index in [1.165, 1.54) is 12.0 Å². The van der Waals surface area contributed by atoms with Crippen molar-refractivity contribution >= 4 is 17.4 Å². The highest BCUT2D eigenvalue weighted by Gasteiger charge is 2.46. The first-order valence-electron chi connectivity index (χ1n) is 11.8. The van der Waals surface area contributed by atoms with Crippen LogP contribution in [0, 0.1) is 0 Å². The SMILES string of the molecule is CCCOc1cccc(C2/C(=C(\O)c3cc(C(C)(C)C)ccc3OC)C(=O)C(=O)N2CCC)c1. The van der Waals surface area contributed by atoms with Gasteiger partial charge in [-0.3, -0.25) is 9.59 Å². The number of benzene rings is 2. The molecule has 1 aliphatic rings. The van der Waals surface area contributed by atoms with Crippen LogP contribution < -0.4 is 9.47 Å². The number of carbonyl (C=O) groups excluding carboxylic acids is 2. The third-order valence-corrected chi connectivity index (χ3v) is 5.97. The summed E-state index contributed by atoms with van der Waals surface area (Å²) in [7, 11) is 1.52. The number of ketones is 1. The summed E-state index contributed by atoms with van der Waals surface area (Å²) in [4.78, 5) is 27.8. The first-order valence-corrected chi connectivity index (χ1v) is 11.8. The second-order valence-corrected chi connectivity index (χ2v) is 9.58. The zero-order valence-electron chi connectivity index (χ0n) is 21.0. The molecular formula is C28H35NO5. The molecule has 0 aliphatic carbocycles. The van der Waals surface area contributed by atoms with Crippen molar-refractivity contribution in [3.05, 3.63) is 64.7 Å². The van der Waals surface area contributed by atoms with Crippen molar-refractivity contribution < 1.29 is 24.2 Å². The van der Waals surface area contributed by atoms with Crippen LogP contribution in [0.15, 0.2) is 48.0 Å². The molecule has 0 saturated carbocycles. The van der Waals surface area contributed by atoms with Crippen molar-refractivity contribution in [2.45, 2.75) is 58.9 Å². The number of aliphatic hydroxyl groups excluding tert-OH is 1. The van der Waals surface area contributed by atoms with Gasteiger partial charge in [-0.2, -0.15) is 0 Å². The van der Waals surface area contributed by atoms with Gasteiger partial charge in [-0.1, -0.05) is 52.8 Å². The van der Waals surface area contributed by atoms with E-state index in [4.69, 9.17) is 9.47 Å². The molecule has 2 aromatic rings. The number of nitrogens with zero attached hydrogens (tertiary/aromatic N) is 1. The van der Waals surface area contributed by atoms with Crippen LogP contribution in [0.3, 0.4) is 0 Å². The Bertz CT molecular complexity index is 1100. The van der Waals surface area contributed by atoms with Crippen LogP contribution in [0.25, 0.3) is 5.76 Å². The van der Waals surface area contributed by atoms with Gasteiger partial charge in [0.15, 0.2) is 0 Å². The lowest BCUT2D eigenvalue weighted by molar-refractivity contribution is -0.139. The van der Waals surface area contributed by atoms with E-state index in [1.807, 2.05) is 50.2 Å². The van der Waals surface area contributed by atoms with Crippen LogP contribution in [0.2, 0.25) is 0 Å². The second kappa shape index (κ2) is 10.3. The van der Waals surface area contributed by atoms with Crippen LogP contribution >= 0.6 is 0 Å². The summed E-state index contributed by atoms with van der Waals surface area (Å²) in [5.41, 5.74) is 1.97. The number of Topliss-reactive ketones (excluding diaryl/α,β-unsaturated/α-hetero) is 1. The van der Waals surface area contributed by atoms with E-state index in [1.54, 1.807) is 6.07 Å². The fourth-order valence-electron chi connectivity index (χ4n) is 4.20. The molecule has 1 heterocycles. The number of amides is 1. The molecule has 1 N–H and O–H groups in total. The van der Waals surface area contributed by atoms with Gasteiger partial charge in [-0.15, -0.1) is 0 Å². The van der Waals surface area contributed by atoms with Gasteiger partial charge in [0.05, 0.1) is 30.9 Å². The van der Waals surface area contributed by atoms with Crippen molar-refractivity contribution in [2.24, 2.45) is 0 Å². The Hall–Kier alpha value is -3.28. The molecule has 0 spiro atoms. The first-order chi connectivity index (χ1) is 16.1. The highest BCUT2D eigenvalue weighted by molar-refractivity contribution is 6.46. The predicted octanol–water partition coefficient (Wildman–Crippen LogP) is 5.61. The molecule has 1 amide bonds. The Balaban J connectivity index is 2.23. The molecule has 182 valence electrons. The van der Waals surface area contributed by atoms with Crippen molar-refractivity contribution in [3.63, 3.8) is 0 Å². The molecule has 2 aromatic carbocycles. The van der Waals surface area contributed by atoms with Gasteiger partial charge < -0.3 is 19.5 Å². The predicted molar refractivity (Wildman–Crippen MR) is 133 cm³/mol. The normalized spacial score (nSPS) is 17.8. The topological polar surface area (TPSA) is 76.1 Å². The summed E-state index contributed by atoms with van der Waals surface area (Å²) >= 11 is 0. The number of hydrogen-bond acceptors (Lipinski definition) is 5. The van der Waals surface area contributed by atoms with Crippen molar-refractivity contribution in [1.82, 2.24) is 4.90 Å². The third kappa shape index (κ3) is 4.96. The van der Waals surface area contributed by atoms with Gasteiger partial charge in [0, 0.05) is 6.54 Å². The molecule has 1 unspecified atom stereocenters. The minimum Gasteiger partial charge on any atom is -0.507 e. The van der Waals surface area contributed by atoms with Gasteiger partial charge in [0.1, 0.15) is 17.3 Å². The van der Waals surface area contributed by atoms with Gasteiger partial charge in [-0.05, 0) is 53.6 Å². The van der Waals surface area contributed by atoms with Crippen LogP contribution in [-0.2, 0) is 15.0 Å². The lowest BCUT2D eigenvalue weighted by Gasteiger charge is -2.26. The number of likely N-dealkylation sites (tertiary alicyclic amines) is 1. The number of methoxy groups -OCH3 is 1. The van der Waals surface area contributed by atoms with E-state index in [0.717, 1.165) is 12.0 Å². The molecule has 1 aliphatic heterocycles. The highest BCUT2D eigenvalue weighted by atomic mass is 16.5. The molecule has 1 atom stereocenters. The Morgan fingerprint density at radius 2 is 1.79 bits per heavy atom. The molecule has 34 heavy (non-hydrogen) atoms. The van der Waals surface area contributed by atoms with E-state index < -0.39 is 17.7 Å². The summed E-state index contributed by atoms with van der Waals surface area (Å²) in [5, 5.41) is 11.5. The lowest BCUT2D eigenvalue weighted by atomic mass is 9.85. The smallest absolute Gasteiger partial charge is 0.295 e. The molecule has 0 radical (unpaired) electrons. The fraction of sp³-hybridized carbons (Fsp3) is 0.429. The minimum absolute atomic E-state index is 0.0652. The summed E-state index contributed by atoms with van der Waals surface area (Å²) < 4.78 is 11.3. The Morgan fingerprint density at radius 3 is 2.41 bits per heavy atom. The Morgan fingerprint density at radius 1 is 1.06 bits per heavy atom. The zero-order chi connectivity index (χ0) is 25.0. The molecule has 6 nitrogen and oxygen atoms in total. The van der Waals surface area contributed by atoms with Crippen LogP contribution in [0.5, 0.6) is 11.5 Å². The van der Waals surface area contributed by atoms with Gasteiger partial charge in [0.25, 0.3) is 11.7 Å². The molecule has 1 fully saturated rings. The average molecular weight is 466 g/mol. The lowest BCUT2D eigenvalue weighted by Crippen LogP contribution is -2.30. The van der Waals surface area contributed by atoms with E-state index in [-0.39, 0.29) is 16.7 Å². The summed E-state index contributed by atoms with van der Waals surface area (Å²) in [5.74, 6) is -0.442. The maximum Gasteiger partial charge on any atom is 0.295 e. The molecule has 6 heteroatoms. The third-order valence-electron chi connectivity index (χ3n) is 5.97. The monoisotopic (exact) mass is 465 g/mol. The van der Waals surface area contributed by atoms with Crippen LogP contribution in [0.4, 0.5) is 0 Å². The molecular weight excluding hydrogens is 430 g/mol. The zero-order valence-corrected chi connectivity index (χ0v) is 21.0. The number of carbonyl (C=O) groups is 2. The second-order valence-electron chi connectivity index (χ2n) is 9.58. The summed E-state index contributed by atoms with van der Waals surface area (Å²) in [6.07, 6.45) is 1.54. The maximum absolute atomic E-state index is 13.2. The van der Waals surface area contributed by atoms with Gasteiger partial charge in [0.2, 0.25) is 0 Å². The number of rotatable bonds is 8. The number of aliphatic hydroxyl groups is 1. The Kier molecular flexibility index (Phi) is 7.70. The largest absolute Gasteiger partial charge is 0.507 e. The fourth-order valence-corrected chi connectivity index (χ4v) is 4.20.